The van der Waals surface area contributed by atoms with Crippen molar-refractivity contribution in [1.82, 2.24) is 15.2 Å². The first-order chi connectivity index (χ1) is 13.5. The van der Waals surface area contributed by atoms with Crippen LogP contribution in [0.25, 0.3) is 22.9 Å². The molecule has 0 amide bonds. The maximum absolute atomic E-state index is 12.9. The van der Waals surface area contributed by atoms with Gasteiger partial charge in [0.05, 0.1) is 16.1 Å². The Labute approximate surface area is 162 Å². The number of pyridine rings is 1. The van der Waals surface area contributed by atoms with E-state index < -0.39 is 41.5 Å². The number of hydrogen-bond acceptors (Lipinski definition) is 6. The van der Waals surface area contributed by atoms with E-state index in [1.165, 1.54) is 6.07 Å². The van der Waals surface area contributed by atoms with E-state index in [9.17, 15) is 31.1 Å². The van der Waals surface area contributed by atoms with Crippen LogP contribution in [0.4, 0.5) is 26.3 Å². The lowest BCUT2D eigenvalue weighted by Gasteiger charge is -2.08. The largest absolute Gasteiger partial charge is 0.491 e. The Balaban J connectivity index is 1.99. The molecule has 2 heterocycles. The lowest BCUT2D eigenvalue weighted by molar-refractivity contribution is -0.189. The normalized spacial score (nSPS) is 12.1. The highest BCUT2D eigenvalue weighted by Crippen LogP contribution is 2.37. The van der Waals surface area contributed by atoms with Crippen molar-refractivity contribution in [2.75, 3.05) is 0 Å². The summed E-state index contributed by atoms with van der Waals surface area (Å²) in [7, 11) is 0. The van der Waals surface area contributed by atoms with E-state index in [-0.39, 0.29) is 16.1 Å². The van der Waals surface area contributed by atoms with Crippen molar-refractivity contribution in [3.8, 4) is 28.8 Å². The fourth-order valence-corrected chi connectivity index (χ4v) is 2.29. The van der Waals surface area contributed by atoms with E-state index in [0.717, 1.165) is 24.4 Å². The van der Waals surface area contributed by atoms with Crippen molar-refractivity contribution in [2.45, 2.75) is 12.4 Å². The van der Waals surface area contributed by atoms with Crippen LogP contribution in [0.1, 0.15) is 5.56 Å². The minimum atomic E-state index is -5.28. The molecule has 0 fully saturated rings. The minimum absolute atomic E-state index is 0.136. The highest BCUT2D eigenvalue weighted by Gasteiger charge is 2.42. The van der Waals surface area contributed by atoms with E-state index in [2.05, 4.69) is 19.9 Å². The van der Waals surface area contributed by atoms with Crippen molar-refractivity contribution < 1.29 is 40.3 Å². The van der Waals surface area contributed by atoms with Gasteiger partial charge in [0.1, 0.15) is 5.56 Å². The summed E-state index contributed by atoms with van der Waals surface area (Å²) in [5, 5.41) is 6.98. The predicted molar refractivity (Wildman–Crippen MR) is 84.7 cm³/mol. The lowest BCUT2D eigenvalue weighted by Crippen LogP contribution is -2.28. The van der Waals surface area contributed by atoms with Gasteiger partial charge >= 0.3 is 18.3 Å². The molecule has 0 aliphatic rings. The number of alkyl halides is 6. The summed E-state index contributed by atoms with van der Waals surface area (Å²) in [4.78, 5) is 14.6. The van der Waals surface area contributed by atoms with Crippen LogP contribution < -0.4 is 4.74 Å². The number of esters is 1. The van der Waals surface area contributed by atoms with Gasteiger partial charge in [0.15, 0.2) is 0 Å². The van der Waals surface area contributed by atoms with E-state index in [0.29, 0.717) is 6.07 Å². The van der Waals surface area contributed by atoms with E-state index in [4.69, 9.17) is 16.0 Å². The van der Waals surface area contributed by atoms with Crippen LogP contribution in [0.3, 0.4) is 0 Å². The van der Waals surface area contributed by atoms with Gasteiger partial charge < -0.3 is 9.15 Å². The number of carbonyl (C=O) groups excluding carboxylic acids is 1. The zero-order chi connectivity index (χ0) is 21.4. The van der Waals surface area contributed by atoms with Crippen LogP contribution in [0.5, 0.6) is 5.88 Å². The molecule has 13 heteroatoms. The van der Waals surface area contributed by atoms with Crippen molar-refractivity contribution >= 4 is 17.6 Å². The predicted octanol–water partition coefficient (Wildman–Crippen LogP) is 4.94. The van der Waals surface area contributed by atoms with Crippen LogP contribution in [0, 0.1) is 0 Å². The average Bonchev–Trinajstić information content (AvgIpc) is 3.10. The maximum Gasteiger partial charge on any atom is 0.491 e. The molecule has 0 saturated carbocycles. The molecular weight excluding hydrogens is 432 g/mol. The van der Waals surface area contributed by atoms with Crippen LogP contribution in [-0.4, -0.2) is 27.3 Å². The van der Waals surface area contributed by atoms with Crippen molar-refractivity contribution in [3.05, 3.63) is 47.1 Å². The summed E-state index contributed by atoms with van der Waals surface area (Å²) in [5.74, 6) is -4.20. The summed E-state index contributed by atoms with van der Waals surface area (Å²) < 4.78 is 85.3. The smallest absolute Gasteiger partial charge is 0.416 e. The first kappa shape index (κ1) is 20.6. The van der Waals surface area contributed by atoms with Crippen molar-refractivity contribution in [3.63, 3.8) is 0 Å². The molecule has 3 rings (SSSR count). The van der Waals surface area contributed by atoms with Crippen LogP contribution in [-0.2, 0) is 11.0 Å². The van der Waals surface area contributed by atoms with Gasteiger partial charge in [0.2, 0.25) is 11.8 Å². The van der Waals surface area contributed by atoms with Gasteiger partial charge in [-0.1, -0.05) is 11.6 Å². The third-order valence-electron chi connectivity index (χ3n) is 3.37. The van der Waals surface area contributed by atoms with E-state index in [1.807, 2.05) is 0 Å². The first-order valence-electron chi connectivity index (χ1n) is 7.42. The van der Waals surface area contributed by atoms with Gasteiger partial charge in [-0.15, -0.1) is 10.2 Å². The summed E-state index contributed by atoms with van der Waals surface area (Å²) in [6.45, 7) is 0. The molecule has 1 aromatic carbocycles. The van der Waals surface area contributed by atoms with Gasteiger partial charge in [-0.05, 0) is 30.3 Å². The van der Waals surface area contributed by atoms with Gasteiger partial charge in [-0.3, -0.25) is 0 Å². The second kappa shape index (κ2) is 7.35. The van der Waals surface area contributed by atoms with Crippen LogP contribution in [0.15, 0.2) is 40.9 Å². The Hall–Kier alpha value is -3.15. The number of rotatable bonds is 3. The number of nitrogens with zero attached hydrogens (tertiary/aromatic N) is 3. The molecule has 152 valence electrons. The molecule has 0 bridgehead atoms. The highest BCUT2D eigenvalue weighted by atomic mass is 35.5. The third kappa shape index (κ3) is 4.47. The maximum atomic E-state index is 12.9. The Morgan fingerprint density at radius 1 is 1.00 bits per heavy atom. The molecule has 0 atom stereocenters. The Morgan fingerprint density at radius 3 is 2.28 bits per heavy atom. The zero-order valence-corrected chi connectivity index (χ0v) is 14.4. The number of ether oxygens (including phenoxy) is 1. The summed E-state index contributed by atoms with van der Waals surface area (Å²) in [5.41, 5.74) is -1.57. The van der Waals surface area contributed by atoms with E-state index >= 15 is 0 Å². The summed E-state index contributed by atoms with van der Waals surface area (Å²) in [6, 6.07) is 4.84. The molecule has 3 aromatic rings. The van der Waals surface area contributed by atoms with Gasteiger partial charge in [-0.2, -0.15) is 26.3 Å². The second-order valence-electron chi connectivity index (χ2n) is 5.35. The first-order valence-corrected chi connectivity index (χ1v) is 7.79. The number of halogens is 7. The standard InChI is InChI=1S/C16H6ClF6N3O3/c17-10-4-3-7(15(18,19)20)6-9(10)13-26-25-12(28-13)8-2-1-5-24-11(8)29-14(27)16(21,22)23/h1-6H. The average molecular weight is 438 g/mol. The summed E-state index contributed by atoms with van der Waals surface area (Å²) >= 11 is 5.88. The van der Waals surface area contributed by atoms with Crippen LogP contribution in [0.2, 0.25) is 5.02 Å². The zero-order valence-electron chi connectivity index (χ0n) is 13.7. The van der Waals surface area contributed by atoms with Crippen molar-refractivity contribution in [2.24, 2.45) is 0 Å². The molecule has 6 nitrogen and oxygen atoms in total. The SMILES string of the molecule is O=C(Oc1ncccc1-c1nnc(-c2cc(C(F)(F)F)ccc2Cl)o1)C(F)(F)F. The Bertz CT molecular complexity index is 1060. The molecule has 29 heavy (non-hydrogen) atoms. The van der Waals surface area contributed by atoms with Crippen molar-refractivity contribution in [1.29, 1.82) is 0 Å². The number of carbonyl (C=O) groups is 1. The summed E-state index contributed by atoms with van der Waals surface area (Å²) in [6.07, 6.45) is -8.89. The topological polar surface area (TPSA) is 78.1 Å². The Kier molecular flexibility index (Phi) is 5.22. The lowest BCUT2D eigenvalue weighted by atomic mass is 10.1. The van der Waals surface area contributed by atoms with Gasteiger partial charge in [0, 0.05) is 6.20 Å². The molecule has 2 aromatic heterocycles. The second-order valence-corrected chi connectivity index (χ2v) is 5.76. The molecule has 0 spiro atoms. The fourth-order valence-electron chi connectivity index (χ4n) is 2.09. The number of hydrogen-bond donors (Lipinski definition) is 0. The molecule has 0 saturated heterocycles. The molecule has 0 aliphatic carbocycles. The minimum Gasteiger partial charge on any atom is -0.416 e. The quantitative estimate of drug-likeness (QED) is 0.427. The monoisotopic (exact) mass is 437 g/mol. The third-order valence-corrected chi connectivity index (χ3v) is 3.70. The molecule has 0 unspecified atom stereocenters. The number of aromatic nitrogens is 3. The fraction of sp³-hybridized carbons (Fsp3) is 0.125. The number of benzene rings is 1. The molecule has 0 radical (unpaired) electrons. The van der Waals surface area contributed by atoms with Crippen LogP contribution >= 0.6 is 11.6 Å². The molecule has 0 aliphatic heterocycles. The Morgan fingerprint density at radius 2 is 1.66 bits per heavy atom. The van der Waals surface area contributed by atoms with Gasteiger partial charge in [0.25, 0.3) is 5.89 Å². The highest BCUT2D eigenvalue weighted by molar-refractivity contribution is 6.33. The van der Waals surface area contributed by atoms with E-state index in [1.54, 1.807) is 0 Å². The van der Waals surface area contributed by atoms with Gasteiger partial charge in [-0.25, -0.2) is 9.78 Å². The molecule has 0 N–H and O–H groups in total. The molecular formula is C16H6ClF6N3O3.